The highest BCUT2D eigenvalue weighted by Gasteiger charge is 2.44. The molecule has 1 rings (SSSR count). The number of carbonyl (C=O) groups is 1. The number of nitrogens with zero attached hydrogens (tertiary/aromatic N) is 1. The minimum atomic E-state index is -0.552. The lowest BCUT2D eigenvalue weighted by Crippen LogP contribution is -2.50. The van der Waals surface area contributed by atoms with Crippen molar-refractivity contribution in [3.63, 3.8) is 0 Å². The molecule has 0 bridgehead atoms. The number of ether oxygens (including phenoxy) is 1. The minimum Gasteiger partial charge on any atom is -0.467 e. The number of nitrogens with one attached hydrogen (secondary N) is 1. The number of carbonyl (C=O) groups excluding carboxylic acids is 1. The van der Waals surface area contributed by atoms with Gasteiger partial charge >= 0.3 is 5.97 Å². The molecule has 0 saturated heterocycles. The van der Waals surface area contributed by atoms with E-state index in [1.807, 2.05) is 6.92 Å². The van der Waals surface area contributed by atoms with Crippen molar-refractivity contribution in [2.75, 3.05) is 7.11 Å². The van der Waals surface area contributed by atoms with E-state index in [0.29, 0.717) is 0 Å². The first-order valence-corrected chi connectivity index (χ1v) is 5.80. The maximum absolute atomic E-state index is 11.7. The largest absolute Gasteiger partial charge is 0.467 e. The molecule has 4 nitrogen and oxygen atoms in total. The first-order valence-electron chi connectivity index (χ1n) is 5.80. The lowest BCUT2D eigenvalue weighted by molar-refractivity contribution is -0.143. The lowest BCUT2D eigenvalue weighted by Gasteiger charge is -2.30. The number of esters is 1. The molecule has 0 aromatic heterocycles. The van der Waals surface area contributed by atoms with Crippen LogP contribution in [0.2, 0.25) is 0 Å². The van der Waals surface area contributed by atoms with Crippen molar-refractivity contribution in [1.29, 1.82) is 0 Å². The molecule has 94 valence electrons. The summed E-state index contributed by atoms with van der Waals surface area (Å²) in [6, 6.07) is -0.548. The van der Waals surface area contributed by atoms with Gasteiger partial charge in [0.05, 0.1) is 19.0 Å². The average Bonchev–Trinajstić information content (AvgIpc) is 2.72. The molecule has 2 atom stereocenters. The van der Waals surface area contributed by atoms with Crippen molar-refractivity contribution >= 4 is 12.3 Å². The Labute approximate surface area is 102 Å². The smallest absolute Gasteiger partial charge is 0.333 e. The highest BCUT2D eigenvalue weighted by Crippen LogP contribution is 2.28. The highest BCUT2D eigenvalue weighted by molar-refractivity contribution is 5.84. The monoisotopic (exact) mass is 236 g/mol. The van der Waals surface area contributed by atoms with Crippen LogP contribution in [0, 0.1) is 0 Å². The van der Waals surface area contributed by atoms with Crippen molar-refractivity contribution in [3.8, 4) is 0 Å². The second-order valence-electron chi connectivity index (χ2n) is 4.20. The van der Waals surface area contributed by atoms with Crippen LogP contribution in [-0.4, -0.2) is 31.0 Å². The van der Waals surface area contributed by atoms with Crippen molar-refractivity contribution < 1.29 is 9.53 Å². The van der Waals surface area contributed by atoms with Crippen molar-refractivity contribution in [2.45, 2.75) is 38.3 Å². The average molecular weight is 236 g/mol. The summed E-state index contributed by atoms with van der Waals surface area (Å²) >= 11 is 0. The number of aliphatic imine (C=N–C) groups is 1. The highest BCUT2D eigenvalue weighted by atomic mass is 16.5. The summed E-state index contributed by atoms with van der Waals surface area (Å²) in [6.45, 7) is 7.85. The standard InChI is InChI=1S/C13H20N2O2/c1-5-7-8-10(6-2)13(3)11(12(16)17-4)14-9-15-13/h6,8-9,11H,2,5,7H2,1,3-4H3,(H,14,15)/b10-8+/t11?,13-/m1/s1. The van der Waals surface area contributed by atoms with Gasteiger partial charge < -0.3 is 10.1 Å². The van der Waals surface area contributed by atoms with Gasteiger partial charge in [0.1, 0.15) is 0 Å². The van der Waals surface area contributed by atoms with E-state index in [4.69, 9.17) is 4.74 Å². The van der Waals surface area contributed by atoms with Gasteiger partial charge in [-0.25, -0.2) is 4.79 Å². The van der Waals surface area contributed by atoms with E-state index in [1.165, 1.54) is 7.11 Å². The van der Waals surface area contributed by atoms with Gasteiger partial charge in [0.25, 0.3) is 0 Å². The molecule has 0 aromatic carbocycles. The van der Waals surface area contributed by atoms with Gasteiger partial charge in [-0.3, -0.25) is 4.99 Å². The van der Waals surface area contributed by atoms with Gasteiger partial charge in [-0.05, 0) is 18.9 Å². The molecule has 0 radical (unpaired) electrons. The van der Waals surface area contributed by atoms with Gasteiger partial charge in [0, 0.05) is 0 Å². The Morgan fingerprint density at radius 3 is 2.94 bits per heavy atom. The molecule has 0 amide bonds. The van der Waals surface area contributed by atoms with Crippen LogP contribution in [-0.2, 0) is 9.53 Å². The summed E-state index contributed by atoms with van der Waals surface area (Å²) < 4.78 is 4.77. The van der Waals surface area contributed by atoms with Crippen LogP contribution in [0.15, 0.2) is 29.3 Å². The van der Waals surface area contributed by atoms with Crippen LogP contribution in [0.1, 0.15) is 26.7 Å². The Hall–Kier alpha value is -1.58. The van der Waals surface area contributed by atoms with Crippen LogP contribution in [0.4, 0.5) is 0 Å². The van der Waals surface area contributed by atoms with Gasteiger partial charge in [0.15, 0.2) is 6.04 Å². The Balaban J connectivity index is 2.99. The van der Waals surface area contributed by atoms with E-state index in [9.17, 15) is 4.79 Å². The molecule has 1 heterocycles. The topological polar surface area (TPSA) is 50.7 Å². The molecule has 1 N–H and O–H groups in total. The molecule has 1 aliphatic rings. The molecule has 0 saturated carbocycles. The molecule has 1 aliphatic heterocycles. The van der Waals surface area contributed by atoms with E-state index in [-0.39, 0.29) is 5.97 Å². The summed E-state index contributed by atoms with van der Waals surface area (Å²) in [5.74, 6) is -0.335. The van der Waals surface area contributed by atoms with Crippen LogP contribution >= 0.6 is 0 Å². The Bertz CT molecular complexity index is 360. The quantitative estimate of drug-likeness (QED) is 0.585. The van der Waals surface area contributed by atoms with Gasteiger partial charge in [-0.15, -0.1) is 0 Å². The SMILES string of the molecule is C=C/C(=C\CCC)[C@@]1(C)NC=NC1C(=O)OC. The van der Waals surface area contributed by atoms with Crippen molar-refractivity contribution in [3.05, 3.63) is 24.3 Å². The number of hydrogen-bond donors (Lipinski definition) is 1. The van der Waals surface area contributed by atoms with Crippen LogP contribution in [0.3, 0.4) is 0 Å². The van der Waals surface area contributed by atoms with E-state index in [2.05, 4.69) is 29.9 Å². The fraction of sp³-hybridized carbons (Fsp3) is 0.538. The molecule has 1 unspecified atom stereocenters. The molecular formula is C13H20N2O2. The summed E-state index contributed by atoms with van der Waals surface area (Å²) in [5, 5.41) is 3.13. The third-order valence-corrected chi connectivity index (χ3v) is 3.03. The van der Waals surface area contributed by atoms with Crippen molar-refractivity contribution in [1.82, 2.24) is 5.32 Å². The molecular weight excluding hydrogens is 216 g/mol. The summed E-state index contributed by atoms with van der Waals surface area (Å²) in [4.78, 5) is 15.8. The zero-order valence-electron chi connectivity index (χ0n) is 10.7. The number of hydrogen-bond acceptors (Lipinski definition) is 4. The number of rotatable bonds is 5. The fourth-order valence-corrected chi connectivity index (χ4v) is 1.93. The molecule has 0 aliphatic carbocycles. The second-order valence-corrected chi connectivity index (χ2v) is 4.20. The maximum atomic E-state index is 11.7. The minimum absolute atomic E-state index is 0.335. The van der Waals surface area contributed by atoms with Crippen LogP contribution < -0.4 is 5.32 Å². The maximum Gasteiger partial charge on any atom is 0.333 e. The van der Waals surface area contributed by atoms with E-state index < -0.39 is 11.6 Å². The number of methoxy groups -OCH3 is 1. The Morgan fingerprint density at radius 1 is 1.71 bits per heavy atom. The normalized spacial score (nSPS) is 27.7. The Morgan fingerprint density at radius 2 is 2.41 bits per heavy atom. The number of allylic oxidation sites excluding steroid dienone is 1. The first-order chi connectivity index (χ1) is 8.10. The van der Waals surface area contributed by atoms with E-state index in [1.54, 1.807) is 12.4 Å². The molecule has 0 fully saturated rings. The molecule has 0 aromatic rings. The van der Waals surface area contributed by atoms with Crippen LogP contribution in [0.5, 0.6) is 0 Å². The van der Waals surface area contributed by atoms with Crippen molar-refractivity contribution in [2.24, 2.45) is 4.99 Å². The summed E-state index contributed by atoms with van der Waals surface area (Å²) in [5.41, 5.74) is 0.427. The second kappa shape index (κ2) is 5.66. The lowest BCUT2D eigenvalue weighted by atomic mass is 9.84. The molecule has 0 spiro atoms. The summed E-state index contributed by atoms with van der Waals surface area (Å²) in [7, 11) is 1.37. The van der Waals surface area contributed by atoms with Gasteiger partial charge in [-0.1, -0.05) is 32.1 Å². The predicted octanol–water partition coefficient (Wildman–Crippen LogP) is 1.83. The third-order valence-electron chi connectivity index (χ3n) is 3.03. The summed E-state index contributed by atoms with van der Waals surface area (Å²) in [6.07, 6.45) is 7.42. The number of unbranched alkanes of at least 4 members (excludes halogenated alkanes) is 1. The Kier molecular flexibility index (Phi) is 4.49. The zero-order chi connectivity index (χ0) is 12.9. The molecule has 17 heavy (non-hydrogen) atoms. The van der Waals surface area contributed by atoms with Gasteiger partial charge in [-0.2, -0.15) is 0 Å². The van der Waals surface area contributed by atoms with E-state index in [0.717, 1.165) is 18.4 Å². The van der Waals surface area contributed by atoms with E-state index >= 15 is 0 Å². The van der Waals surface area contributed by atoms with Gasteiger partial charge in [0.2, 0.25) is 0 Å². The van der Waals surface area contributed by atoms with Crippen LogP contribution in [0.25, 0.3) is 0 Å². The first kappa shape index (κ1) is 13.5. The third kappa shape index (κ3) is 2.57. The molecule has 4 heteroatoms. The predicted molar refractivity (Wildman–Crippen MR) is 69.0 cm³/mol. The fourth-order valence-electron chi connectivity index (χ4n) is 1.93. The zero-order valence-corrected chi connectivity index (χ0v) is 10.7.